The maximum atomic E-state index is 11.1. The van der Waals surface area contributed by atoms with Crippen molar-refractivity contribution in [3.8, 4) is 34.4 Å². The summed E-state index contributed by atoms with van der Waals surface area (Å²) in [6, 6.07) is 31.9. The van der Waals surface area contributed by atoms with Crippen LogP contribution in [-0.4, -0.2) is 32.5 Å². The summed E-state index contributed by atoms with van der Waals surface area (Å²) < 4.78 is 2.16. The number of rotatable bonds is 8. The Kier molecular flexibility index (Phi) is 15.7. The summed E-state index contributed by atoms with van der Waals surface area (Å²) >= 11 is 3.21. The first-order chi connectivity index (χ1) is 26.2. The Balaban J connectivity index is 0.000000240. The third-order valence-corrected chi connectivity index (χ3v) is 12.3. The first-order valence-corrected chi connectivity index (χ1v) is 18.8. The van der Waals surface area contributed by atoms with Gasteiger partial charge in [0.25, 0.3) is 0 Å². The van der Waals surface area contributed by atoms with Crippen LogP contribution in [0.2, 0.25) is 0 Å². The number of carbonyl (C=O) groups excluding carboxylic acids is 1. The molecule has 2 N–H and O–H groups in total. The van der Waals surface area contributed by atoms with Crippen LogP contribution in [0.25, 0.3) is 64.0 Å². The molecular formula is C44H32N4Na2O5S2. The van der Waals surface area contributed by atoms with Crippen molar-refractivity contribution in [3.63, 3.8) is 0 Å². The van der Waals surface area contributed by atoms with Gasteiger partial charge < -0.3 is 20.5 Å². The molecule has 0 aliphatic carbocycles. The largest absolute Gasteiger partial charge is 1.00 e. The Bertz CT molecular complexity index is 2650. The molecule has 57 heavy (non-hydrogen) atoms. The summed E-state index contributed by atoms with van der Waals surface area (Å²) in [7, 11) is 0. The zero-order chi connectivity index (χ0) is 37.9. The van der Waals surface area contributed by atoms with Crippen molar-refractivity contribution in [2.75, 3.05) is 0 Å². The fraction of sp³-hybridized carbons (Fsp3) is 0.136. The average Bonchev–Trinajstić information content (AvgIpc) is 3.83. The number of hydrogen-bond donors (Lipinski definition) is 1. The van der Waals surface area contributed by atoms with Gasteiger partial charge in [0.05, 0.1) is 29.7 Å². The van der Waals surface area contributed by atoms with Crippen LogP contribution in [-0.2, 0) is 9.59 Å². The van der Waals surface area contributed by atoms with Gasteiger partial charge in [0.2, 0.25) is 0 Å². The van der Waals surface area contributed by atoms with Crippen LogP contribution >= 0.6 is 22.7 Å². The number of carboxylic acids is 2. The van der Waals surface area contributed by atoms with Crippen LogP contribution in [0.1, 0.15) is 59.4 Å². The van der Waals surface area contributed by atoms with Gasteiger partial charge in [-0.05, 0) is 58.5 Å². The van der Waals surface area contributed by atoms with E-state index in [-0.39, 0.29) is 89.3 Å². The first kappa shape index (κ1) is 45.2. The molecule has 272 valence electrons. The number of carbonyl (C=O) groups is 2. The van der Waals surface area contributed by atoms with E-state index in [1.54, 1.807) is 28.9 Å². The number of nitriles is 2. The minimum Gasteiger partial charge on any atom is -0.870 e. The average molecular weight is 807 g/mol. The van der Waals surface area contributed by atoms with Crippen molar-refractivity contribution in [2.24, 2.45) is 0 Å². The monoisotopic (exact) mass is 806 g/mol. The maximum absolute atomic E-state index is 11.1. The minimum absolute atomic E-state index is 0. The quantitative estimate of drug-likeness (QED) is 0.225. The topological polar surface area (TPSA) is 181 Å². The standard InChI is InChI=1S/2C22H16N2O2S.2Na.H2O/c2*1-13(8-21(25)26)20-9-15-11-24-12-19(22(15)27-20)18-7-6-14(10-23)16-4-2-3-5-17(16)18;;;/h2*2-7,9,11-13H,8H2,1H3,(H,25,26);;;1H2/q;;2*+1;/p-2/t2*13-;;;/m11.../s1. The zero-order valence-electron chi connectivity index (χ0n) is 31.7. The second kappa shape index (κ2) is 19.8. The number of fused-ring (bicyclic) bond motifs is 4. The number of aliphatic carboxylic acids is 2. The van der Waals surface area contributed by atoms with Gasteiger partial charge in [-0.2, -0.15) is 10.5 Å². The van der Waals surface area contributed by atoms with Gasteiger partial charge in [-0.3, -0.25) is 14.8 Å². The van der Waals surface area contributed by atoms with E-state index in [4.69, 9.17) is 5.11 Å². The van der Waals surface area contributed by atoms with Crippen molar-refractivity contribution >= 4 is 76.3 Å². The zero-order valence-corrected chi connectivity index (χ0v) is 37.3. The molecule has 0 radical (unpaired) electrons. The van der Waals surface area contributed by atoms with Crippen LogP contribution in [0.4, 0.5) is 0 Å². The van der Waals surface area contributed by atoms with Crippen molar-refractivity contribution in [1.29, 1.82) is 10.5 Å². The smallest absolute Gasteiger partial charge is 0.870 e. The van der Waals surface area contributed by atoms with Crippen molar-refractivity contribution in [1.82, 2.24) is 9.97 Å². The van der Waals surface area contributed by atoms with Crippen LogP contribution in [0.3, 0.4) is 0 Å². The summed E-state index contributed by atoms with van der Waals surface area (Å²) in [6.07, 6.45) is 7.40. The van der Waals surface area contributed by atoms with Crippen molar-refractivity contribution in [2.45, 2.75) is 38.5 Å². The number of aromatic nitrogens is 2. The Morgan fingerprint density at radius 3 is 1.44 bits per heavy atom. The molecule has 0 spiro atoms. The van der Waals surface area contributed by atoms with Gasteiger partial charge in [0.15, 0.2) is 0 Å². The van der Waals surface area contributed by atoms with Crippen LogP contribution in [0, 0.1) is 22.7 Å². The molecule has 4 heterocycles. The van der Waals surface area contributed by atoms with E-state index < -0.39 is 11.9 Å². The summed E-state index contributed by atoms with van der Waals surface area (Å²) in [5, 5.41) is 44.7. The number of benzene rings is 4. The number of hydrogen-bond acceptors (Lipinski definition) is 10. The summed E-state index contributed by atoms with van der Waals surface area (Å²) in [4.78, 5) is 32.8. The van der Waals surface area contributed by atoms with Crippen LogP contribution in [0.15, 0.2) is 110 Å². The summed E-state index contributed by atoms with van der Waals surface area (Å²) in [5.74, 6) is -2.00. The molecule has 8 rings (SSSR count). The Morgan fingerprint density at radius 1 is 0.649 bits per heavy atom. The molecule has 0 bridgehead atoms. The predicted octanol–water partition coefficient (Wildman–Crippen LogP) is 3.63. The van der Waals surface area contributed by atoms with E-state index >= 15 is 0 Å². The van der Waals surface area contributed by atoms with Crippen molar-refractivity contribution in [3.05, 3.63) is 131 Å². The molecule has 2 atom stereocenters. The Hall–Kier alpha value is -4.50. The maximum Gasteiger partial charge on any atom is 1.00 e. The molecule has 13 heteroatoms. The van der Waals surface area contributed by atoms with Crippen molar-refractivity contribution < 1.29 is 84.4 Å². The molecule has 0 aliphatic rings. The fourth-order valence-electron chi connectivity index (χ4n) is 6.81. The van der Waals surface area contributed by atoms with Crippen LogP contribution < -0.4 is 64.2 Å². The molecule has 0 aliphatic heterocycles. The van der Waals surface area contributed by atoms with E-state index in [1.165, 1.54) is 0 Å². The van der Waals surface area contributed by atoms with E-state index in [0.29, 0.717) is 11.1 Å². The molecule has 4 aromatic heterocycles. The van der Waals surface area contributed by atoms with Gasteiger partial charge in [-0.25, -0.2) is 0 Å². The number of pyridine rings is 2. The van der Waals surface area contributed by atoms with Gasteiger partial charge in [0, 0.05) is 88.5 Å². The summed E-state index contributed by atoms with van der Waals surface area (Å²) in [6.45, 7) is 3.83. The predicted molar refractivity (Wildman–Crippen MR) is 215 cm³/mol. The molecule has 0 unspecified atom stereocenters. The molecule has 0 saturated heterocycles. The Labute approximate surface area is 381 Å². The molecule has 0 amide bonds. The van der Waals surface area contributed by atoms with E-state index in [1.807, 2.05) is 117 Å². The summed E-state index contributed by atoms with van der Waals surface area (Å²) in [5.41, 5.74) is 5.34. The van der Waals surface area contributed by atoms with Crippen LogP contribution in [0.5, 0.6) is 0 Å². The third-order valence-electron chi connectivity index (χ3n) is 9.48. The molecule has 0 saturated carbocycles. The van der Waals surface area contributed by atoms with E-state index in [9.17, 15) is 25.2 Å². The second-order valence-corrected chi connectivity index (χ2v) is 15.3. The fourth-order valence-corrected chi connectivity index (χ4v) is 9.23. The van der Waals surface area contributed by atoms with Gasteiger partial charge >= 0.3 is 65.1 Å². The van der Waals surface area contributed by atoms with E-state index in [0.717, 1.165) is 73.7 Å². The third kappa shape index (κ3) is 9.46. The molecular weight excluding hydrogens is 775 g/mol. The number of nitrogens with zero attached hydrogens (tertiary/aromatic N) is 4. The number of carboxylic acid groups (broad SMARTS) is 2. The van der Waals surface area contributed by atoms with Gasteiger partial charge in [0.1, 0.15) is 0 Å². The molecule has 9 nitrogen and oxygen atoms in total. The minimum atomic E-state index is -1.05. The number of thiophene rings is 2. The first-order valence-electron chi connectivity index (χ1n) is 17.2. The van der Waals surface area contributed by atoms with Gasteiger partial charge in [-0.15, -0.1) is 22.7 Å². The Morgan fingerprint density at radius 2 is 1.05 bits per heavy atom. The molecule has 0 fully saturated rings. The normalized spacial score (nSPS) is 11.5. The molecule has 4 aromatic carbocycles. The molecule has 8 aromatic rings. The van der Waals surface area contributed by atoms with Gasteiger partial charge in [-0.1, -0.05) is 74.5 Å². The van der Waals surface area contributed by atoms with E-state index in [2.05, 4.69) is 22.1 Å². The second-order valence-electron chi connectivity index (χ2n) is 13.1. The SMILES string of the molecule is C[C@H](CC(=O)O)c1cc2cncc(-c3ccc(C#N)c4ccccc34)c2s1.C[C@H](CC(=O)[O-])c1cc2cncc(-c3ccc(C#N)c4ccccc34)c2s1.[Na+].[Na+].[OH-].